The Kier molecular flexibility index (Phi) is 6.31. The Bertz CT molecular complexity index is 170. The number of ether oxygens (including phenoxy) is 1. The average Bonchev–Trinajstić information content (AvgIpc) is 1.53. The molecule has 0 fully saturated rings. The van der Waals surface area contributed by atoms with Crippen molar-refractivity contribution in [2.24, 2.45) is 0 Å². The molecule has 0 saturated carbocycles. The molecule has 0 amide bonds. The van der Waals surface area contributed by atoms with E-state index in [0.29, 0.717) is 0 Å². The molecule has 0 heterocycles. The normalized spacial score (nSPS) is 10.0. The van der Waals surface area contributed by atoms with Gasteiger partial charge in [0.2, 0.25) is 0 Å². The van der Waals surface area contributed by atoms with Gasteiger partial charge in [0.25, 0.3) is 0 Å². The first kappa shape index (κ1) is 14.2. The number of rotatable bonds is 2. The van der Waals surface area contributed by atoms with E-state index in [-0.39, 0.29) is 29.3 Å². The quantitative estimate of drug-likeness (QED) is 0.395. The SMILES string of the molecule is CC(=O)CC(=O)OC(C)(C)C.[Fe]. The Morgan fingerprint density at radius 2 is 1.67 bits per heavy atom. The molecule has 72 valence electrons. The van der Waals surface area contributed by atoms with Crippen LogP contribution in [0.1, 0.15) is 34.1 Å². The molecular weight excluding hydrogens is 200 g/mol. The molecule has 0 saturated heterocycles. The zero-order valence-corrected chi connectivity index (χ0v) is 8.89. The first-order valence-electron chi connectivity index (χ1n) is 3.52. The van der Waals surface area contributed by atoms with E-state index < -0.39 is 11.6 Å². The predicted octanol–water partition coefficient (Wildman–Crippen LogP) is 1.30. The number of esters is 1. The molecule has 0 aromatic heterocycles. The molecule has 0 unspecified atom stereocenters. The van der Waals surface area contributed by atoms with Crippen LogP contribution in [0.5, 0.6) is 0 Å². The van der Waals surface area contributed by atoms with Crippen molar-refractivity contribution in [1.29, 1.82) is 0 Å². The summed E-state index contributed by atoms with van der Waals surface area (Å²) in [6, 6.07) is 0. The number of carbonyl (C=O) groups is 2. The van der Waals surface area contributed by atoms with Crippen molar-refractivity contribution in [3.05, 3.63) is 0 Å². The number of Topliss-reactive ketones (excluding diaryl/α,β-unsaturated/α-hetero) is 1. The molecule has 3 nitrogen and oxygen atoms in total. The van der Waals surface area contributed by atoms with Crippen LogP contribution in [-0.4, -0.2) is 17.4 Å². The second-order valence-corrected chi connectivity index (χ2v) is 3.47. The molecule has 0 aliphatic carbocycles. The Hall–Kier alpha value is -0.341. The molecular formula is C8H14FeO3. The van der Waals surface area contributed by atoms with Gasteiger partial charge >= 0.3 is 5.97 Å². The molecule has 0 bridgehead atoms. The van der Waals surface area contributed by atoms with E-state index in [0.717, 1.165) is 0 Å². The number of carbonyl (C=O) groups excluding carboxylic acids is 2. The zero-order valence-electron chi connectivity index (χ0n) is 7.79. The summed E-state index contributed by atoms with van der Waals surface area (Å²) < 4.78 is 4.89. The third-order valence-corrected chi connectivity index (χ3v) is 0.813. The van der Waals surface area contributed by atoms with Gasteiger partial charge < -0.3 is 4.74 Å². The summed E-state index contributed by atoms with van der Waals surface area (Å²) in [5, 5.41) is 0. The van der Waals surface area contributed by atoms with Crippen LogP contribution in [0.15, 0.2) is 0 Å². The van der Waals surface area contributed by atoms with Gasteiger partial charge in [-0.15, -0.1) is 0 Å². The molecule has 0 spiro atoms. The molecule has 0 aliphatic rings. The van der Waals surface area contributed by atoms with E-state index in [9.17, 15) is 9.59 Å². The van der Waals surface area contributed by atoms with Gasteiger partial charge in [0, 0.05) is 17.1 Å². The van der Waals surface area contributed by atoms with Gasteiger partial charge in [0.1, 0.15) is 17.8 Å². The Balaban J connectivity index is 0. The largest absolute Gasteiger partial charge is 0.460 e. The molecule has 0 N–H and O–H groups in total. The summed E-state index contributed by atoms with van der Waals surface area (Å²) in [4.78, 5) is 21.3. The Labute approximate surface area is 83.3 Å². The van der Waals surface area contributed by atoms with E-state index in [2.05, 4.69) is 0 Å². The van der Waals surface area contributed by atoms with Gasteiger partial charge in [0.05, 0.1) is 0 Å². The molecule has 0 rings (SSSR count). The van der Waals surface area contributed by atoms with Gasteiger partial charge in [-0.25, -0.2) is 0 Å². The van der Waals surface area contributed by atoms with Crippen molar-refractivity contribution in [2.75, 3.05) is 0 Å². The van der Waals surface area contributed by atoms with Crippen LogP contribution in [0.25, 0.3) is 0 Å². The fourth-order valence-electron chi connectivity index (χ4n) is 0.581. The fourth-order valence-corrected chi connectivity index (χ4v) is 0.581. The van der Waals surface area contributed by atoms with Crippen molar-refractivity contribution >= 4 is 11.8 Å². The maximum atomic E-state index is 10.8. The predicted molar refractivity (Wildman–Crippen MR) is 41.1 cm³/mol. The standard InChI is InChI=1S/C8H14O3.Fe/c1-6(9)5-7(10)11-8(2,3)4;/h5H2,1-4H3;. The molecule has 4 heteroatoms. The van der Waals surface area contributed by atoms with Crippen molar-refractivity contribution in [2.45, 2.75) is 39.7 Å². The number of ketones is 1. The first-order chi connectivity index (χ1) is 4.81. The average molecular weight is 214 g/mol. The van der Waals surface area contributed by atoms with Crippen molar-refractivity contribution in [3.63, 3.8) is 0 Å². The summed E-state index contributed by atoms with van der Waals surface area (Å²) in [5.74, 6) is -0.621. The summed E-state index contributed by atoms with van der Waals surface area (Å²) >= 11 is 0. The summed E-state index contributed by atoms with van der Waals surface area (Å²) in [6.45, 7) is 6.67. The topological polar surface area (TPSA) is 43.4 Å². The molecule has 0 atom stereocenters. The van der Waals surface area contributed by atoms with Crippen LogP contribution in [-0.2, 0) is 31.4 Å². The maximum absolute atomic E-state index is 10.8. The van der Waals surface area contributed by atoms with Crippen LogP contribution >= 0.6 is 0 Å². The minimum atomic E-state index is -0.494. The van der Waals surface area contributed by atoms with Crippen LogP contribution in [0.3, 0.4) is 0 Å². The van der Waals surface area contributed by atoms with Crippen molar-refractivity contribution in [1.82, 2.24) is 0 Å². The van der Waals surface area contributed by atoms with Gasteiger partial charge in [-0.05, 0) is 27.7 Å². The number of hydrogen-bond donors (Lipinski definition) is 0. The van der Waals surface area contributed by atoms with Crippen LogP contribution < -0.4 is 0 Å². The third kappa shape index (κ3) is 9.66. The molecule has 0 aliphatic heterocycles. The van der Waals surface area contributed by atoms with E-state index in [4.69, 9.17) is 4.74 Å². The first-order valence-corrected chi connectivity index (χ1v) is 3.52. The Morgan fingerprint density at radius 1 is 1.25 bits per heavy atom. The molecule has 0 radical (unpaired) electrons. The van der Waals surface area contributed by atoms with Gasteiger partial charge in [-0.3, -0.25) is 9.59 Å². The van der Waals surface area contributed by atoms with Gasteiger partial charge in [-0.1, -0.05) is 0 Å². The third-order valence-electron chi connectivity index (χ3n) is 0.813. The summed E-state index contributed by atoms with van der Waals surface area (Å²) in [6.07, 6.45) is -0.128. The minimum absolute atomic E-state index is 0. The summed E-state index contributed by atoms with van der Waals surface area (Å²) in [7, 11) is 0. The van der Waals surface area contributed by atoms with Crippen LogP contribution in [0, 0.1) is 0 Å². The molecule has 0 aromatic carbocycles. The van der Waals surface area contributed by atoms with Crippen molar-refractivity contribution < 1.29 is 31.4 Å². The summed E-state index contributed by atoms with van der Waals surface area (Å²) in [5.41, 5.74) is -0.494. The zero-order chi connectivity index (χ0) is 9.07. The molecule has 0 aromatic rings. The van der Waals surface area contributed by atoms with Crippen molar-refractivity contribution in [3.8, 4) is 0 Å². The number of hydrogen-bond acceptors (Lipinski definition) is 3. The van der Waals surface area contributed by atoms with Crippen LogP contribution in [0.2, 0.25) is 0 Å². The van der Waals surface area contributed by atoms with E-state index in [1.54, 1.807) is 20.8 Å². The van der Waals surface area contributed by atoms with Crippen LogP contribution in [0.4, 0.5) is 0 Å². The second kappa shape index (κ2) is 5.33. The Morgan fingerprint density at radius 3 is 1.92 bits per heavy atom. The monoisotopic (exact) mass is 214 g/mol. The minimum Gasteiger partial charge on any atom is -0.460 e. The van der Waals surface area contributed by atoms with Gasteiger partial charge in [0.15, 0.2) is 0 Å². The molecule has 12 heavy (non-hydrogen) atoms. The second-order valence-electron chi connectivity index (χ2n) is 3.47. The van der Waals surface area contributed by atoms with Gasteiger partial charge in [-0.2, -0.15) is 0 Å². The smallest absolute Gasteiger partial charge is 0.313 e. The van der Waals surface area contributed by atoms with E-state index in [1.165, 1.54) is 6.92 Å². The maximum Gasteiger partial charge on any atom is 0.313 e. The van der Waals surface area contributed by atoms with E-state index >= 15 is 0 Å². The fraction of sp³-hybridized carbons (Fsp3) is 0.750. The van der Waals surface area contributed by atoms with E-state index in [1.807, 2.05) is 0 Å².